The van der Waals surface area contributed by atoms with E-state index in [1.54, 1.807) is 30.3 Å². The Morgan fingerprint density at radius 1 is 1.04 bits per heavy atom. The molecule has 2 aromatic rings. The van der Waals surface area contributed by atoms with E-state index in [2.05, 4.69) is 10.9 Å². The predicted octanol–water partition coefficient (Wildman–Crippen LogP) is 2.45. The second-order valence-corrected chi connectivity index (χ2v) is 5.44. The Labute approximate surface area is 145 Å². The molecule has 0 atom stereocenters. The van der Waals surface area contributed by atoms with E-state index < -0.39 is 5.91 Å². The minimum Gasteiger partial charge on any atom is -0.454 e. The molecule has 2 N–H and O–H groups in total. The quantitative estimate of drug-likeness (QED) is 0.663. The van der Waals surface area contributed by atoms with Gasteiger partial charge in [0.25, 0.3) is 11.8 Å². The highest BCUT2D eigenvalue weighted by Crippen LogP contribution is 2.32. The lowest BCUT2D eigenvalue weighted by molar-refractivity contribution is -0.117. The highest BCUT2D eigenvalue weighted by atomic mass is 16.7. The van der Waals surface area contributed by atoms with Crippen LogP contribution in [0, 0.1) is 0 Å². The summed E-state index contributed by atoms with van der Waals surface area (Å²) in [7, 11) is 0. The van der Waals surface area contributed by atoms with Crippen LogP contribution in [0.4, 0.5) is 0 Å². The van der Waals surface area contributed by atoms with Crippen molar-refractivity contribution in [2.75, 3.05) is 6.79 Å². The minimum atomic E-state index is -0.434. The van der Waals surface area contributed by atoms with Crippen LogP contribution in [0.15, 0.2) is 48.5 Å². The summed E-state index contributed by atoms with van der Waals surface area (Å²) in [4.78, 5) is 23.8. The molecule has 0 radical (unpaired) electrons. The van der Waals surface area contributed by atoms with Crippen molar-refractivity contribution < 1.29 is 19.1 Å². The van der Waals surface area contributed by atoms with E-state index in [1.807, 2.05) is 25.1 Å². The number of carbonyl (C=O) groups excluding carboxylic acids is 2. The van der Waals surface area contributed by atoms with Crippen molar-refractivity contribution in [1.29, 1.82) is 0 Å². The molecule has 128 valence electrons. The maximum atomic E-state index is 12.0. The number of rotatable bonds is 4. The molecule has 0 saturated carbocycles. The summed E-state index contributed by atoms with van der Waals surface area (Å²) < 4.78 is 10.5. The SMILES string of the molecule is CCc1ccc(C(=O)NNC(=O)C=Cc2ccc3c(c2)OCO3)cc1. The van der Waals surface area contributed by atoms with Gasteiger partial charge < -0.3 is 9.47 Å². The fourth-order valence-corrected chi connectivity index (χ4v) is 2.31. The highest BCUT2D eigenvalue weighted by molar-refractivity contribution is 5.97. The number of aryl methyl sites for hydroxylation is 1. The molecule has 6 heteroatoms. The molecule has 1 aliphatic rings. The Balaban J connectivity index is 1.52. The summed E-state index contributed by atoms with van der Waals surface area (Å²) in [5.74, 6) is 0.526. The van der Waals surface area contributed by atoms with Gasteiger partial charge in [0.15, 0.2) is 11.5 Å². The molecule has 6 nitrogen and oxygen atoms in total. The summed E-state index contributed by atoms with van der Waals surface area (Å²) in [6, 6.07) is 12.6. The zero-order valence-corrected chi connectivity index (χ0v) is 13.7. The van der Waals surface area contributed by atoms with Crippen LogP contribution < -0.4 is 20.3 Å². The first-order valence-electron chi connectivity index (χ1n) is 7.92. The molecular formula is C19H18N2O4. The van der Waals surface area contributed by atoms with Crippen molar-refractivity contribution in [3.63, 3.8) is 0 Å². The molecule has 1 heterocycles. The van der Waals surface area contributed by atoms with Crippen molar-refractivity contribution in [3.05, 3.63) is 65.2 Å². The van der Waals surface area contributed by atoms with Gasteiger partial charge in [0, 0.05) is 11.6 Å². The highest BCUT2D eigenvalue weighted by Gasteiger charge is 2.12. The topological polar surface area (TPSA) is 76.7 Å². The van der Waals surface area contributed by atoms with E-state index in [1.165, 1.54) is 6.08 Å². The van der Waals surface area contributed by atoms with Gasteiger partial charge >= 0.3 is 0 Å². The van der Waals surface area contributed by atoms with Crippen LogP contribution in [-0.2, 0) is 11.2 Å². The first kappa shape index (κ1) is 16.6. The summed E-state index contributed by atoms with van der Waals surface area (Å²) >= 11 is 0. The Morgan fingerprint density at radius 3 is 2.56 bits per heavy atom. The second-order valence-electron chi connectivity index (χ2n) is 5.44. The first-order valence-corrected chi connectivity index (χ1v) is 7.92. The minimum absolute atomic E-state index is 0.203. The van der Waals surface area contributed by atoms with Gasteiger partial charge in [-0.2, -0.15) is 0 Å². The van der Waals surface area contributed by atoms with E-state index in [0.717, 1.165) is 17.5 Å². The van der Waals surface area contributed by atoms with Gasteiger partial charge in [0.2, 0.25) is 6.79 Å². The fraction of sp³-hybridized carbons (Fsp3) is 0.158. The Kier molecular flexibility index (Phi) is 4.99. The van der Waals surface area contributed by atoms with Gasteiger partial charge in [-0.25, -0.2) is 0 Å². The van der Waals surface area contributed by atoms with Crippen LogP contribution in [0.1, 0.15) is 28.4 Å². The van der Waals surface area contributed by atoms with E-state index in [4.69, 9.17) is 9.47 Å². The van der Waals surface area contributed by atoms with Crippen LogP contribution in [-0.4, -0.2) is 18.6 Å². The third-order valence-electron chi connectivity index (χ3n) is 3.75. The molecule has 25 heavy (non-hydrogen) atoms. The van der Waals surface area contributed by atoms with Crippen LogP contribution in [0.3, 0.4) is 0 Å². The molecular weight excluding hydrogens is 320 g/mol. The lowest BCUT2D eigenvalue weighted by Gasteiger charge is -2.06. The van der Waals surface area contributed by atoms with Crippen LogP contribution in [0.25, 0.3) is 6.08 Å². The van der Waals surface area contributed by atoms with Gasteiger partial charge in [0.1, 0.15) is 0 Å². The molecule has 0 bridgehead atoms. The smallest absolute Gasteiger partial charge is 0.269 e. The van der Waals surface area contributed by atoms with Crippen LogP contribution >= 0.6 is 0 Å². The predicted molar refractivity (Wildman–Crippen MR) is 93.0 cm³/mol. The Morgan fingerprint density at radius 2 is 1.80 bits per heavy atom. The second kappa shape index (κ2) is 7.53. The average Bonchev–Trinajstić information content (AvgIpc) is 3.12. The number of amides is 2. The summed E-state index contributed by atoms with van der Waals surface area (Å²) in [6.45, 7) is 2.25. The van der Waals surface area contributed by atoms with Gasteiger partial charge in [0.05, 0.1) is 0 Å². The zero-order valence-electron chi connectivity index (χ0n) is 13.7. The number of carbonyl (C=O) groups is 2. The molecule has 2 amide bonds. The number of fused-ring (bicyclic) bond motifs is 1. The number of ether oxygens (including phenoxy) is 2. The maximum absolute atomic E-state index is 12.0. The lowest BCUT2D eigenvalue weighted by Crippen LogP contribution is -2.40. The number of hydrogen-bond acceptors (Lipinski definition) is 4. The van der Waals surface area contributed by atoms with Crippen molar-refractivity contribution >= 4 is 17.9 Å². The van der Waals surface area contributed by atoms with E-state index in [-0.39, 0.29) is 12.7 Å². The van der Waals surface area contributed by atoms with Crippen LogP contribution in [0.2, 0.25) is 0 Å². The Bertz CT molecular complexity index is 813. The molecule has 0 fully saturated rings. The van der Waals surface area contributed by atoms with Gasteiger partial charge in [-0.15, -0.1) is 0 Å². The number of nitrogens with one attached hydrogen (secondary N) is 2. The fourth-order valence-electron chi connectivity index (χ4n) is 2.31. The third kappa shape index (κ3) is 4.17. The van der Waals surface area contributed by atoms with Gasteiger partial charge in [-0.1, -0.05) is 25.1 Å². The standard InChI is InChI=1S/C19H18N2O4/c1-2-13-3-7-15(8-4-13)19(23)21-20-18(22)10-6-14-5-9-16-17(11-14)25-12-24-16/h3-11H,2,12H2,1H3,(H,20,22)(H,21,23). The zero-order chi connectivity index (χ0) is 17.6. The normalized spacial score (nSPS) is 12.2. The van der Waals surface area contributed by atoms with Crippen molar-refractivity contribution in [3.8, 4) is 11.5 Å². The van der Waals surface area contributed by atoms with Gasteiger partial charge in [-0.3, -0.25) is 20.4 Å². The molecule has 0 spiro atoms. The summed E-state index contributed by atoms with van der Waals surface area (Å²) in [5.41, 5.74) is 7.15. The van der Waals surface area contributed by atoms with E-state index in [0.29, 0.717) is 17.1 Å². The van der Waals surface area contributed by atoms with E-state index >= 15 is 0 Å². The summed E-state index contributed by atoms with van der Waals surface area (Å²) in [5, 5.41) is 0. The van der Waals surface area contributed by atoms with E-state index in [9.17, 15) is 9.59 Å². The maximum Gasteiger partial charge on any atom is 0.269 e. The Hall–Kier alpha value is -3.28. The molecule has 0 unspecified atom stereocenters. The number of benzene rings is 2. The number of hydrogen-bond donors (Lipinski definition) is 2. The average molecular weight is 338 g/mol. The van der Waals surface area contributed by atoms with Crippen molar-refractivity contribution in [2.45, 2.75) is 13.3 Å². The first-order chi connectivity index (χ1) is 12.2. The number of hydrazine groups is 1. The van der Waals surface area contributed by atoms with Gasteiger partial charge in [-0.05, 0) is 47.9 Å². The molecule has 3 rings (SSSR count). The summed E-state index contributed by atoms with van der Waals surface area (Å²) in [6.07, 6.45) is 3.86. The monoisotopic (exact) mass is 338 g/mol. The largest absolute Gasteiger partial charge is 0.454 e. The molecule has 0 aliphatic carbocycles. The molecule has 2 aromatic carbocycles. The lowest BCUT2D eigenvalue weighted by atomic mass is 10.1. The van der Waals surface area contributed by atoms with Crippen LogP contribution in [0.5, 0.6) is 11.5 Å². The van der Waals surface area contributed by atoms with Crippen molar-refractivity contribution in [1.82, 2.24) is 10.9 Å². The molecule has 1 aliphatic heterocycles. The molecule has 0 saturated heterocycles. The molecule has 0 aromatic heterocycles. The third-order valence-corrected chi connectivity index (χ3v) is 3.75. The van der Waals surface area contributed by atoms with Crippen molar-refractivity contribution in [2.24, 2.45) is 0 Å².